The summed E-state index contributed by atoms with van der Waals surface area (Å²) in [6.45, 7) is 2.30. The maximum absolute atomic E-state index is 13.2. The van der Waals surface area contributed by atoms with Gasteiger partial charge in [0.25, 0.3) is 5.91 Å². The molecule has 0 saturated carbocycles. The smallest absolute Gasteiger partial charge is 0.257 e. The summed E-state index contributed by atoms with van der Waals surface area (Å²) in [5.74, 6) is -0.110. The molecule has 1 heterocycles. The van der Waals surface area contributed by atoms with Gasteiger partial charge < -0.3 is 19.8 Å². The first-order valence-electron chi connectivity index (χ1n) is 10.4. The van der Waals surface area contributed by atoms with E-state index in [0.29, 0.717) is 23.6 Å². The Bertz CT molecular complexity index is 1310. The van der Waals surface area contributed by atoms with E-state index >= 15 is 0 Å². The molecular formula is C26H25N3O4. The third-order valence-electron chi connectivity index (χ3n) is 5.51. The molecule has 7 heteroatoms. The van der Waals surface area contributed by atoms with Crippen LogP contribution in [0.5, 0.6) is 17.2 Å². The van der Waals surface area contributed by atoms with Gasteiger partial charge in [0.1, 0.15) is 17.2 Å². The van der Waals surface area contributed by atoms with Crippen molar-refractivity contribution in [2.24, 2.45) is 0 Å². The summed E-state index contributed by atoms with van der Waals surface area (Å²) >= 11 is 0. The number of hydrogen-bond acceptors (Lipinski definition) is 5. The van der Waals surface area contributed by atoms with Crippen LogP contribution in [-0.4, -0.2) is 45.0 Å². The number of phenolic OH excluding ortho intramolecular Hbond substituents is 2. The molecular weight excluding hydrogens is 418 g/mol. The van der Waals surface area contributed by atoms with E-state index in [1.54, 1.807) is 31.1 Å². The SMILES string of the molecule is COc1cccc(CN(C)C(=O)c2cc(-c3ccnn3-c3ccccc3C)c(O)cc2O)c1. The third-order valence-corrected chi connectivity index (χ3v) is 5.51. The van der Waals surface area contributed by atoms with E-state index in [1.165, 1.54) is 17.0 Å². The fraction of sp³-hybridized carbons (Fsp3) is 0.154. The van der Waals surface area contributed by atoms with Crippen molar-refractivity contribution >= 4 is 5.91 Å². The normalized spacial score (nSPS) is 10.8. The molecule has 0 bridgehead atoms. The molecule has 1 aromatic heterocycles. The second-order valence-electron chi connectivity index (χ2n) is 7.81. The number of nitrogens with zero attached hydrogens (tertiary/aromatic N) is 3. The predicted molar refractivity (Wildman–Crippen MR) is 126 cm³/mol. The lowest BCUT2D eigenvalue weighted by Crippen LogP contribution is -2.26. The highest BCUT2D eigenvalue weighted by molar-refractivity contribution is 5.98. The minimum Gasteiger partial charge on any atom is -0.507 e. The van der Waals surface area contributed by atoms with E-state index in [2.05, 4.69) is 5.10 Å². The first-order valence-corrected chi connectivity index (χ1v) is 10.4. The van der Waals surface area contributed by atoms with Crippen LogP contribution in [0.4, 0.5) is 0 Å². The van der Waals surface area contributed by atoms with Crippen molar-refractivity contribution in [3.8, 4) is 34.2 Å². The van der Waals surface area contributed by atoms with Crippen molar-refractivity contribution in [2.45, 2.75) is 13.5 Å². The van der Waals surface area contributed by atoms with Crippen LogP contribution in [0.25, 0.3) is 16.9 Å². The molecule has 0 unspecified atom stereocenters. The van der Waals surface area contributed by atoms with Gasteiger partial charge in [-0.25, -0.2) is 4.68 Å². The Morgan fingerprint density at radius 1 is 1.03 bits per heavy atom. The van der Waals surface area contributed by atoms with Crippen LogP contribution in [0.3, 0.4) is 0 Å². The standard InChI is InChI=1S/C26H25N3O4/c1-17-7-4-5-10-22(17)29-23(11-12-27-29)20-14-21(25(31)15-24(20)30)26(32)28(2)16-18-8-6-9-19(13-18)33-3/h4-15,30-31H,16H2,1-3H3. The van der Waals surface area contributed by atoms with Gasteiger partial charge in [-0.1, -0.05) is 30.3 Å². The molecule has 2 N–H and O–H groups in total. The monoisotopic (exact) mass is 443 g/mol. The summed E-state index contributed by atoms with van der Waals surface area (Å²) in [6.07, 6.45) is 1.63. The molecule has 0 atom stereocenters. The highest BCUT2D eigenvalue weighted by Gasteiger charge is 2.21. The van der Waals surface area contributed by atoms with Crippen LogP contribution in [0.15, 0.2) is 72.9 Å². The molecule has 0 radical (unpaired) electrons. The number of aromatic hydroxyl groups is 2. The molecule has 4 rings (SSSR count). The number of methoxy groups -OCH3 is 1. The van der Waals surface area contributed by atoms with Crippen molar-refractivity contribution in [2.75, 3.05) is 14.2 Å². The average Bonchev–Trinajstić information content (AvgIpc) is 3.28. The molecule has 0 spiro atoms. The van der Waals surface area contributed by atoms with Crippen molar-refractivity contribution in [1.82, 2.24) is 14.7 Å². The Morgan fingerprint density at radius 2 is 1.82 bits per heavy atom. The number of benzene rings is 3. The quantitative estimate of drug-likeness (QED) is 0.457. The number of ether oxygens (including phenoxy) is 1. The second-order valence-corrected chi connectivity index (χ2v) is 7.81. The largest absolute Gasteiger partial charge is 0.507 e. The number of phenols is 2. The van der Waals surface area contributed by atoms with Crippen molar-refractivity contribution in [3.63, 3.8) is 0 Å². The van der Waals surface area contributed by atoms with Crippen LogP contribution < -0.4 is 4.74 Å². The van der Waals surface area contributed by atoms with Crippen LogP contribution in [0.2, 0.25) is 0 Å². The summed E-state index contributed by atoms with van der Waals surface area (Å²) in [5, 5.41) is 25.5. The Labute approximate surface area is 192 Å². The van der Waals surface area contributed by atoms with Crippen LogP contribution >= 0.6 is 0 Å². The van der Waals surface area contributed by atoms with Gasteiger partial charge in [-0.3, -0.25) is 4.79 Å². The van der Waals surface area contributed by atoms with Gasteiger partial charge in [0, 0.05) is 25.2 Å². The lowest BCUT2D eigenvalue weighted by Gasteiger charge is -2.19. The van der Waals surface area contributed by atoms with Crippen molar-refractivity contribution in [1.29, 1.82) is 0 Å². The zero-order valence-electron chi connectivity index (χ0n) is 18.7. The first-order chi connectivity index (χ1) is 15.9. The Balaban J connectivity index is 1.69. The highest BCUT2D eigenvalue weighted by atomic mass is 16.5. The lowest BCUT2D eigenvalue weighted by atomic mass is 10.0. The number of carbonyl (C=O) groups is 1. The zero-order valence-corrected chi connectivity index (χ0v) is 18.7. The molecule has 7 nitrogen and oxygen atoms in total. The van der Waals surface area contributed by atoms with Crippen LogP contribution in [-0.2, 0) is 6.54 Å². The van der Waals surface area contributed by atoms with Crippen LogP contribution in [0.1, 0.15) is 21.5 Å². The summed E-state index contributed by atoms with van der Waals surface area (Å²) in [7, 11) is 3.25. The predicted octanol–water partition coefficient (Wildman–Crippen LogP) is 4.54. The van der Waals surface area contributed by atoms with E-state index in [9.17, 15) is 15.0 Å². The average molecular weight is 444 g/mol. The minimum atomic E-state index is -0.376. The van der Waals surface area contributed by atoms with Gasteiger partial charge >= 0.3 is 0 Å². The molecule has 1 amide bonds. The zero-order chi connectivity index (χ0) is 23.5. The van der Waals surface area contributed by atoms with Gasteiger partial charge in [0.2, 0.25) is 0 Å². The third kappa shape index (κ3) is 4.39. The number of rotatable bonds is 6. The Morgan fingerprint density at radius 3 is 2.58 bits per heavy atom. The van der Waals surface area contributed by atoms with E-state index in [4.69, 9.17) is 4.74 Å². The fourth-order valence-electron chi connectivity index (χ4n) is 3.78. The molecule has 0 aliphatic heterocycles. The number of amides is 1. The number of aryl methyl sites for hydroxylation is 1. The Hall–Kier alpha value is -4.26. The molecule has 0 aliphatic carbocycles. The van der Waals surface area contributed by atoms with E-state index in [-0.39, 0.29) is 23.0 Å². The van der Waals surface area contributed by atoms with Crippen LogP contribution in [0, 0.1) is 6.92 Å². The molecule has 0 saturated heterocycles. The van der Waals surface area contributed by atoms with E-state index in [0.717, 1.165) is 16.8 Å². The van der Waals surface area contributed by atoms with Crippen molar-refractivity contribution < 1.29 is 19.7 Å². The highest BCUT2D eigenvalue weighted by Crippen LogP contribution is 2.36. The maximum atomic E-state index is 13.2. The second kappa shape index (κ2) is 9.08. The van der Waals surface area contributed by atoms with Gasteiger partial charge in [-0.2, -0.15) is 5.10 Å². The van der Waals surface area contributed by atoms with E-state index in [1.807, 2.05) is 55.5 Å². The first kappa shape index (κ1) is 22.0. The van der Waals surface area contributed by atoms with Crippen molar-refractivity contribution in [3.05, 3.63) is 89.6 Å². The topological polar surface area (TPSA) is 87.8 Å². The number of hydrogen-bond donors (Lipinski definition) is 2. The van der Waals surface area contributed by atoms with Gasteiger partial charge in [0.05, 0.1) is 30.3 Å². The number of carbonyl (C=O) groups excluding carboxylic acids is 1. The molecule has 168 valence electrons. The summed E-state index contributed by atoms with van der Waals surface area (Å²) in [4.78, 5) is 14.7. The summed E-state index contributed by atoms with van der Waals surface area (Å²) in [6, 6.07) is 19.6. The molecule has 33 heavy (non-hydrogen) atoms. The van der Waals surface area contributed by atoms with Gasteiger partial charge in [-0.15, -0.1) is 0 Å². The molecule has 4 aromatic rings. The van der Waals surface area contributed by atoms with Gasteiger partial charge in [0.15, 0.2) is 0 Å². The molecule has 3 aromatic carbocycles. The van der Waals surface area contributed by atoms with Gasteiger partial charge in [-0.05, 0) is 48.4 Å². The number of para-hydroxylation sites is 1. The fourth-order valence-corrected chi connectivity index (χ4v) is 3.78. The molecule has 0 fully saturated rings. The van der Waals surface area contributed by atoms with E-state index < -0.39 is 0 Å². The molecule has 0 aliphatic rings. The maximum Gasteiger partial charge on any atom is 0.257 e. The minimum absolute atomic E-state index is 0.0886. The number of aromatic nitrogens is 2. The lowest BCUT2D eigenvalue weighted by molar-refractivity contribution is 0.0782. The summed E-state index contributed by atoms with van der Waals surface area (Å²) < 4.78 is 6.95. The Kier molecular flexibility index (Phi) is 6.04. The summed E-state index contributed by atoms with van der Waals surface area (Å²) in [5.41, 5.74) is 3.84.